The van der Waals surface area contributed by atoms with Gasteiger partial charge >= 0.3 is 0 Å². The van der Waals surface area contributed by atoms with Gasteiger partial charge in [0.15, 0.2) is 0 Å². The second-order valence-corrected chi connectivity index (χ2v) is 7.60. The van der Waals surface area contributed by atoms with Gasteiger partial charge < -0.3 is 0 Å². The second kappa shape index (κ2) is 4.21. The van der Waals surface area contributed by atoms with E-state index in [1.54, 1.807) is 17.5 Å². The van der Waals surface area contributed by atoms with Gasteiger partial charge in [-0.2, -0.15) is 9.40 Å². The molecule has 2 atom stereocenters. The van der Waals surface area contributed by atoms with E-state index in [9.17, 15) is 8.42 Å². The molecule has 3 heterocycles. The van der Waals surface area contributed by atoms with Crippen molar-refractivity contribution in [3.05, 3.63) is 12.4 Å². The van der Waals surface area contributed by atoms with Crippen LogP contribution in [0.4, 0.5) is 0 Å². The molecule has 0 radical (unpaired) electrons. The van der Waals surface area contributed by atoms with Crippen LogP contribution in [0.1, 0.15) is 25.7 Å². The highest BCUT2D eigenvalue weighted by Gasteiger charge is 2.47. The van der Waals surface area contributed by atoms with Crippen LogP contribution in [-0.4, -0.2) is 40.0 Å². The molecule has 0 aliphatic carbocycles. The number of aryl methyl sites for hydroxylation is 1. The Bertz CT molecular complexity index is 542. The molecular formula is C11H16ClN3O2S. The van der Waals surface area contributed by atoms with E-state index in [1.807, 2.05) is 0 Å². The molecule has 1 aromatic rings. The van der Waals surface area contributed by atoms with Gasteiger partial charge in [0.2, 0.25) is 10.0 Å². The summed E-state index contributed by atoms with van der Waals surface area (Å²) < 4.78 is 28.4. The number of nitrogens with zero attached hydrogens (tertiary/aromatic N) is 3. The quantitative estimate of drug-likeness (QED) is 0.772. The summed E-state index contributed by atoms with van der Waals surface area (Å²) >= 11 is 6.17. The van der Waals surface area contributed by atoms with E-state index >= 15 is 0 Å². The van der Waals surface area contributed by atoms with Crippen molar-refractivity contribution in [1.82, 2.24) is 14.1 Å². The van der Waals surface area contributed by atoms with E-state index in [1.165, 1.54) is 10.9 Å². The fourth-order valence-corrected chi connectivity index (χ4v) is 5.40. The number of hydrogen-bond acceptors (Lipinski definition) is 3. The minimum absolute atomic E-state index is 0.0662. The van der Waals surface area contributed by atoms with Gasteiger partial charge in [-0.1, -0.05) is 0 Å². The Labute approximate surface area is 112 Å². The van der Waals surface area contributed by atoms with E-state index in [-0.39, 0.29) is 22.4 Å². The maximum atomic E-state index is 12.6. The Morgan fingerprint density at radius 3 is 2.44 bits per heavy atom. The Balaban J connectivity index is 1.96. The van der Waals surface area contributed by atoms with Crippen molar-refractivity contribution < 1.29 is 8.42 Å². The minimum Gasteiger partial charge on any atom is -0.274 e. The summed E-state index contributed by atoms with van der Waals surface area (Å²) in [5.74, 6) is 0. The first-order valence-electron chi connectivity index (χ1n) is 6.15. The van der Waals surface area contributed by atoms with Crippen LogP contribution < -0.4 is 0 Å². The number of rotatable bonds is 2. The van der Waals surface area contributed by atoms with Crippen LogP contribution >= 0.6 is 11.6 Å². The molecule has 2 fully saturated rings. The molecule has 0 saturated carbocycles. The van der Waals surface area contributed by atoms with Crippen molar-refractivity contribution in [2.75, 3.05) is 0 Å². The molecule has 0 aromatic carbocycles. The van der Waals surface area contributed by atoms with E-state index < -0.39 is 10.0 Å². The highest BCUT2D eigenvalue weighted by atomic mass is 35.5. The SMILES string of the molecule is Cn1cc(S(=O)(=O)N2C3CCC2CC(Cl)C3)cn1. The number of halogens is 1. The third kappa shape index (κ3) is 1.87. The van der Waals surface area contributed by atoms with E-state index in [2.05, 4.69) is 5.10 Å². The summed E-state index contributed by atoms with van der Waals surface area (Å²) in [6.45, 7) is 0. The van der Waals surface area contributed by atoms with Crippen LogP contribution in [0.3, 0.4) is 0 Å². The lowest BCUT2D eigenvalue weighted by Gasteiger charge is -2.35. The van der Waals surface area contributed by atoms with Gasteiger partial charge in [-0.05, 0) is 25.7 Å². The standard InChI is InChI=1S/C11H16ClN3O2S/c1-14-7-11(6-13-14)18(16,17)15-9-2-3-10(15)5-8(12)4-9/h6-10H,2-5H2,1H3. The molecule has 1 aromatic heterocycles. The largest absolute Gasteiger partial charge is 0.274 e. The first-order valence-corrected chi connectivity index (χ1v) is 8.02. The average Bonchev–Trinajstić information content (AvgIpc) is 2.83. The van der Waals surface area contributed by atoms with Crippen molar-refractivity contribution in [3.63, 3.8) is 0 Å². The number of alkyl halides is 1. The lowest BCUT2D eigenvalue weighted by atomic mass is 10.1. The van der Waals surface area contributed by atoms with E-state index in [4.69, 9.17) is 11.6 Å². The predicted molar refractivity (Wildman–Crippen MR) is 67.9 cm³/mol. The fourth-order valence-electron chi connectivity index (χ4n) is 3.11. The molecule has 0 N–H and O–H groups in total. The molecule has 7 heteroatoms. The van der Waals surface area contributed by atoms with Gasteiger partial charge in [-0.15, -0.1) is 11.6 Å². The van der Waals surface area contributed by atoms with Crippen molar-refractivity contribution in [2.45, 2.75) is 48.0 Å². The average molecular weight is 290 g/mol. The summed E-state index contributed by atoms with van der Waals surface area (Å²) in [7, 11) is -1.69. The molecular weight excluding hydrogens is 274 g/mol. The topological polar surface area (TPSA) is 55.2 Å². The van der Waals surface area contributed by atoms with Gasteiger partial charge in [-0.3, -0.25) is 4.68 Å². The number of piperidine rings is 1. The third-order valence-corrected chi connectivity index (χ3v) is 6.18. The van der Waals surface area contributed by atoms with Crippen molar-refractivity contribution in [3.8, 4) is 0 Å². The molecule has 2 bridgehead atoms. The number of fused-ring (bicyclic) bond motifs is 2. The number of sulfonamides is 1. The maximum absolute atomic E-state index is 12.6. The van der Waals surface area contributed by atoms with Crippen LogP contribution in [0, 0.1) is 0 Å². The molecule has 3 rings (SSSR count). The zero-order chi connectivity index (χ0) is 12.9. The molecule has 2 aliphatic heterocycles. The van der Waals surface area contributed by atoms with Crippen LogP contribution in [-0.2, 0) is 17.1 Å². The summed E-state index contributed by atoms with van der Waals surface area (Å²) in [4.78, 5) is 0.287. The zero-order valence-corrected chi connectivity index (χ0v) is 11.7. The summed E-state index contributed by atoms with van der Waals surface area (Å²) in [6, 6.07) is 0.132. The molecule has 5 nitrogen and oxygen atoms in total. The van der Waals surface area contributed by atoms with Gasteiger partial charge in [0, 0.05) is 30.7 Å². The lowest BCUT2D eigenvalue weighted by Crippen LogP contribution is -2.46. The van der Waals surface area contributed by atoms with Gasteiger partial charge in [-0.25, -0.2) is 8.42 Å². The fraction of sp³-hybridized carbons (Fsp3) is 0.727. The summed E-state index contributed by atoms with van der Waals surface area (Å²) in [5.41, 5.74) is 0. The molecule has 100 valence electrons. The first kappa shape index (κ1) is 12.4. The smallest absolute Gasteiger partial charge is 0.246 e. The Morgan fingerprint density at radius 2 is 1.94 bits per heavy atom. The number of aromatic nitrogens is 2. The zero-order valence-electron chi connectivity index (χ0n) is 10.2. The Kier molecular flexibility index (Phi) is 2.91. The van der Waals surface area contributed by atoms with Gasteiger partial charge in [0.1, 0.15) is 4.90 Å². The van der Waals surface area contributed by atoms with Crippen LogP contribution in [0.2, 0.25) is 0 Å². The van der Waals surface area contributed by atoms with Gasteiger partial charge in [0.25, 0.3) is 0 Å². The van der Waals surface area contributed by atoms with Crippen LogP contribution in [0.15, 0.2) is 17.3 Å². The third-order valence-electron chi connectivity index (χ3n) is 3.87. The lowest BCUT2D eigenvalue weighted by molar-refractivity contribution is 0.251. The van der Waals surface area contributed by atoms with Crippen LogP contribution in [0.25, 0.3) is 0 Å². The predicted octanol–water partition coefficient (Wildman–Crippen LogP) is 1.34. The normalized spacial score (nSPS) is 32.9. The summed E-state index contributed by atoms with van der Waals surface area (Å²) in [6.07, 6.45) is 6.35. The molecule has 18 heavy (non-hydrogen) atoms. The van der Waals surface area contributed by atoms with E-state index in [0.717, 1.165) is 25.7 Å². The highest BCUT2D eigenvalue weighted by Crippen LogP contribution is 2.41. The molecule has 0 spiro atoms. The molecule has 0 amide bonds. The minimum atomic E-state index is -3.41. The number of hydrogen-bond donors (Lipinski definition) is 0. The Morgan fingerprint density at radius 1 is 1.33 bits per heavy atom. The summed E-state index contributed by atoms with van der Waals surface area (Å²) in [5, 5.41) is 4.06. The van der Waals surface area contributed by atoms with Gasteiger partial charge in [0.05, 0.1) is 6.20 Å². The Hall–Kier alpha value is -0.590. The first-order chi connectivity index (χ1) is 8.48. The molecule has 2 aliphatic rings. The monoisotopic (exact) mass is 289 g/mol. The van der Waals surface area contributed by atoms with Crippen LogP contribution in [0.5, 0.6) is 0 Å². The molecule has 2 saturated heterocycles. The van der Waals surface area contributed by atoms with Crippen molar-refractivity contribution in [1.29, 1.82) is 0 Å². The van der Waals surface area contributed by atoms with Crippen molar-refractivity contribution >= 4 is 21.6 Å². The highest BCUT2D eigenvalue weighted by molar-refractivity contribution is 7.89. The second-order valence-electron chi connectivity index (χ2n) is 5.14. The van der Waals surface area contributed by atoms with Crippen molar-refractivity contribution in [2.24, 2.45) is 7.05 Å². The maximum Gasteiger partial charge on any atom is 0.246 e. The molecule has 2 unspecified atom stereocenters. The van der Waals surface area contributed by atoms with E-state index in [0.29, 0.717) is 0 Å².